The van der Waals surface area contributed by atoms with Gasteiger partial charge < -0.3 is 4.57 Å². The predicted octanol–water partition coefficient (Wildman–Crippen LogP) is 16.5. The van der Waals surface area contributed by atoms with Gasteiger partial charge in [-0.2, -0.15) is 11.3 Å². The first kappa shape index (κ1) is 44.9. The Morgan fingerprint density at radius 1 is 0.672 bits per heavy atom. The molecule has 333 valence electrons. The number of imidazole rings is 1. The summed E-state index contributed by atoms with van der Waals surface area (Å²) in [7, 11) is 0. The molecule has 67 heavy (non-hydrogen) atoms. The number of hydrogen-bond donors (Lipinski definition) is 0. The van der Waals surface area contributed by atoms with Crippen LogP contribution in [0.3, 0.4) is 0 Å². The normalized spacial score (nSPS) is 12.7. The van der Waals surface area contributed by atoms with Crippen LogP contribution in [0.5, 0.6) is 0 Å². The second kappa shape index (κ2) is 19.3. The summed E-state index contributed by atoms with van der Waals surface area (Å²) in [5.41, 5.74) is 13.3. The van der Waals surface area contributed by atoms with Gasteiger partial charge in [0.1, 0.15) is 0 Å². The van der Waals surface area contributed by atoms with E-state index in [1.54, 1.807) is 0 Å². The van der Waals surface area contributed by atoms with Crippen LogP contribution in [0.1, 0.15) is 39.2 Å². The SMILES string of the molecule is Cc1c[c-]c(-c2nc3cc4ccccc4cc3n2-c2ccc(-c3ccccc3)cc2)c2sc3cc(-c4ccccc4)ccc3c12.[2H]C(C)(c1cc(-c2[c-]cccc2)nc[c]1[Ge]([CH3])([CH3])[CH3])C(C)C.[Ir]. The van der Waals surface area contributed by atoms with Crippen LogP contribution < -0.4 is 4.40 Å². The molecule has 0 aliphatic rings. The number of fused-ring (bicyclic) bond motifs is 5. The van der Waals surface area contributed by atoms with Gasteiger partial charge in [0, 0.05) is 30.5 Å². The molecule has 1 radical (unpaired) electrons. The maximum absolute atomic E-state index is 8.89. The summed E-state index contributed by atoms with van der Waals surface area (Å²) in [6.07, 6.45) is 2.03. The summed E-state index contributed by atoms with van der Waals surface area (Å²) in [5.74, 6) is 7.67. The average Bonchev–Trinajstić information content (AvgIpc) is 3.92. The van der Waals surface area contributed by atoms with Crippen LogP contribution in [0.25, 0.3) is 92.6 Å². The third-order valence-electron chi connectivity index (χ3n) is 12.8. The summed E-state index contributed by atoms with van der Waals surface area (Å²) in [6, 6.07) is 69.0. The van der Waals surface area contributed by atoms with Gasteiger partial charge in [-0.3, -0.25) is 4.98 Å². The Hall–Kier alpha value is -5.95. The zero-order chi connectivity index (χ0) is 46.5. The quantitative estimate of drug-likeness (QED) is 0.112. The smallest absolute Gasteiger partial charge is 0 e. The van der Waals surface area contributed by atoms with Gasteiger partial charge in [0.15, 0.2) is 0 Å². The molecule has 0 aliphatic carbocycles. The molecule has 1 atom stereocenters. The van der Waals surface area contributed by atoms with Gasteiger partial charge in [0.2, 0.25) is 0 Å². The third kappa shape index (κ3) is 9.23. The van der Waals surface area contributed by atoms with Gasteiger partial charge in [0.05, 0.1) is 16.9 Å². The van der Waals surface area contributed by atoms with Crippen LogP contribution in [-0.2, 0) is 20.1 Å². The van der Waals surface area contributed by atoms with E-state index in [-0.39, 0.29) is 26.0 Å². The Morgan fingerprint density at radius 2 is 1.30 bits per heavy atom. The molecule has 0 bridgehead atoms. The number of aryl methyl sites for hydroxylation is 1. The molecule has 3 aromatic heterocycles. The molecule has 0 saturated heterocycles. The Labute approximate surface area is 416 Å². The summed E-state index contributed by atoms with van der Waals surface area (Å²) in [5, 5.41) is 4.95. The first-order chi connectivity index (χ1) is 32.3. The van der Waals surface area contributed by atoms with E-state index in [2.05, 4.69) is 211 Å². The molecular weight excluding hydrogens is 1070 g/mol. The molecular formula is C61H53GeIrN3S-2. The largest absolute Gasteiger partial charge is 0 e. The molecule has 0 saturated carbocycles. The van der Waals surface area contributed by atoms with Crippen molar-refractivity contribution in [2.75, 3.05) is 0 Å². The van der Waals surface area contributed by atoms with Crippen molar-refractivity contribution >= 4 is 71.0 Å². The average molecular weight is 1130 g/mol. The molecule has 3 nitrogen and oxygen atoms in total. The minimum absolute atomic E-state index is 0. The van der Waals surface area contributed by atoms with Crippen molar-refractivity contribution in [1.29, 1.82) is 0 Å². The fourth-order valence-corrected chi connectivity index (χ4v) is 13.5. The van der Waals surface area contributed by atoms with E-state index in [9.17, 15) is 0 Å². The maximum Gasteiger partial charge on any atom is 0 e. The molecule has 6 heteroatoms. The molecule has 3 heterocycles. The molecule has 11 rings (SSSR count). The Bertz CT molecular complexity index is 3560. The van der Waals surface area contributed by atoms with Crippen LogP contribution in [0, 0.1) is 25.0 Å². The van der Waals surface area contributed by atoms with Crippen LogP contribution >= 0.6 is 11.3 Å². The summed E-state index contributed by atoms with van der Waals surface area (Å²) >= 11 is -0.244. The van der Waals surface area contributed by atoms with Gasteiger partial charge in [-0.1, -0.05) is 127 Å². The molecule has 0 aliphatic heterocycles. The standard InChI is InChI=1S/C42H27N2S.C19H26GeN.Ir/c1-27-16-22-36(41-40(27)35-23-19-33(26-39(35)45-41)29-12-6-3-7-13-29)42-43-37-24-31-14-8-9-15-32(31)25-38(37)44(42)34-20-17-30(18-21-34)28-10-4-2-5-11-28;1-14(2)15(3)17-12-19(16-10-8-7-9-11-16)21-13-18(17)20(4,5)6;/h2-21,23-26H,1H3;7-10,12-15H,1-6H3;/q2*-1;/i;15D;. The van der Waals surface area contributed by atoms with Crippen LogP contribution in [0.15, 0.2) is 182 Å². The van der Waals surface area contributed by atoms with Gasteiger partial charge in [-0.15, -0.1) is 17.7 Å². The van der Waals surface area contributed by atoms with E-state index in [1.807, 2.05) is 48.7 Å². The van der Waals surface area contributed by atoms with E-state index in [4.69, 9.17) is 6.35 Å². The van der Waals surface area contributed by atoms with E-state index in [1.165, 1.54) is 63.2 Å². The van der Waals surface area contributed by atoms with Crippen molar-refractivity contribution in [1.82, 2.24) is 14.5 Å². The third-order valence-corrected chi connectivity index (χ3v) is 18.2. The maximum atomic E-state index is 8.89. The number of aromatic nitrogens is 3. The summed E-state index contributed by atoms with van der Waals surface area (Å²) in [4.78, 5) is 10.0. The molecule has 0 spiro atoms. The van der Waals surface area contributed by atoms with Crippen molar-refractivity contribution in [3.05, 3.63) is 205 Å². The molecule has 11 aromatic rings. The van der Waals surface area contributed by atoms with E-state index in [0.29, 0.717) is 0 Å². The Kier molecular flexibility index (Phi) is 13.0. The van der Waals surface area contributed by atoms with Crippen LogP contribution in [-0.4, -0.2) is 27.8 Å². The molecule has 1 unspecified atom stereocenters. The summed E-state index contributed by atoms with van der Waals surface area (Å²) < 4.78 is 15.0. The number of nitrogens with zero attached hydrogens (tertiary/aromatic N) is 3. The van der Waals surface area contributed by atoms with Gasteiger partial charge in [-0.05, 0) is 73.4 Å². The second-order valence-electron chi connectivity index (χ2n) is 18.6. The first-order valence-electron chi connectivity index (χ1n) is 23.3. The van der Waals surface area contributed by atoms with Crippen molar-refractivity contribution in [2.45, 2.75) is 50.9 Å². The number of hydrogen-bond acceptors (Lipinski definition) is 3. The van der Waals surface area contributed by atoms with Gasteiger partial charge in [-0.25, -0.2) is 0 Å². The van der Waals surface area contributed by atoms with Crippen LogP contribution in [0.4, 0.5) is 0 Å². The molecule has 0 N–H and O–H groups in total. The minimum Gasteiger partial charge on any atom is 0 e. The van der Waals surface area contributed by atoms with Gasteiger partial charge >= 0.3 is 133 Å². The minimum atomic E-state index is -2.08. The Morgan fingerprint density at radius 3 is 1.96 bits per heavy atom. The fourth-order valence-electron chi connectivity index (χ4n) is 8.97. The van der Waals surface area contributed by atoms with E-state index >= 15 is 0 Å². The molecule has 0 fully saturated rings. The van der Waals surface area contributed by atoms with E-state index < -0.39 is 19.2 Å². The van der Waals surface area contributed by atoms with Gasteiger partial charge in [0.25, 0.3) is 0 Å². The topological polar surface area (TPSA) is 30.7 Å². The van der Waals surface area contributed by atoms with Crippen LogP contribution in [0.2, 0.25) is 17.3 Å². The second-order valence-corrected chi connectivity index (χ2v) is 30.2. The number of benzene rings is 8. The molecule has 8 aromatic carbocycles. The fraction of sp³-hybridized carbons (Fsp3) is 0.148. The van der Waals surface area contributed by atoms with E-state index in [0.717, 1.165) is 44.9 Å². The predicted molar refractivity (Wildman–Crippen MR) is 286 cm³/mol. The zero-order valence-corrected chi connectivity index (χ0v) is 44.3. The number of pyridine rings is 1. The summed E-state index contributed by atoms with van der Waals surface area (Å²) in [6.45, 7) is 8.48. The monoisotopic (exact) mass is 1130 g/mol. The zero-order valence-electron chi connectivity index (χ0n) is 40.0. The Balaban J connectivity index is 0.000000213. The first-order valence-corrected chi connectivity index (χ1v) is 31.0. The number of rotatable bonds is 8. The number of thiophene rings is 1. The van der Waals surface area contributed by atoms with Crippen molar-refractivity contribution < 1.29 is 21.5 Å². The van der Waals surface area contributed by atoms with Crippen molar-refractivity contribution in [3.8, 4) is 50.6 Å². The molecule has 0 amide bonds. The van der Waals surface area contributed by atoms with Crippen molar-refractivity contribution in [2.24, 2.45) is 5.92 Å². The van der Waals surface area contributed by atoms with Crippen molar-refractivity contribution in [3.63, 3.8) is 0 Å².